The van der Waals surface area contributed by atoms with Crippen LogP contribution in [0.5, 0.6) is 0 Å². The molecule has 8 heteroatoms. The number of Topliss-reactive ketones (excluding diaryl/α,β-unsaturated/α-hetero) is 1. The fourth-order valence-electron chi connectivity index (χ4n) is 3.69. The van der Waals surface area contributed by atoms with Gasteiger partial charge in [0.05, 0.1) is 17.5 Å². The number of aryl methyl sites for hydroxylation is 1. The molecular weight excluding hydrogens is 398 g/mol. The average molecular weight is 419 g/mol. The lowest BCUT2D eigenvalue weighted by Gasteiger charge is -2.16. The van der Waals surface area contributed by atoms with Crippen LogP contribution >= 0.6 is 0 Å². The molecule has 0 radical (unpaired) electrons. The summed E-state index contributed by atoms with van der Waals surface area (Å²) in [6.45, 7) is 0.214. The predicted molar refractivity (Wildman–Crippen MR) is 114 cm³/mol. The van der Waals surface area contributed by atoms with E-state index in [4.69, 9.17) is 4.74 Å². The largest absolute Gasteiger partial charge is 0.457 e. The molecule has 2 aromatic carbocycles. The number of nitrogens with zero attached hydrogens (tertiary/aromatic N) is 3. The first-order chi connectivity index (χ1) is 14.9. The Balaban J connectivity index is 1.43. The molecule has 4 rings (SSSR count). The summed E-state index contributed by atoms with van der Waals surface area (Å²) in [6.07, 6.45) is 1.14. The van der Waals surface area contributed by atoms with Crippen LogP contribution in [0.2, 0.25) is 0 Å². The van der Waals surface area contributed by atoms with Gasteiger partial charge in [-0.15, -0.1) is 0 Å². The number of hydrogen-bond acceptors (Lipinski definition) is 6. The van der Waals surface area contributed by atoms with Gasteiger partial charge in [0.25, 0.3) is 5.56 Å². The summed E-state index contributed by atoms with van der Waals surface area (Å²) < 4.78 is 6.35. The van der Waals surface area contributed by atoms with E-state index in [1.165, 1.54) is 11.7 Å². The van der Waals surface area contributed by atoms with Crippen molar-refractivity contribution in [2.24, 2.45) is 7.05 Å². The van der Waals surface area contributed by atoms with E-state index in [0.717, 1.165) is 6.42 Å². The van der Waals surface area contributed by atoms with Crippen molar-refractivity contribution in [2.45, 2.75) is 19.3 Å². The summed E-state index contributed by atoms with van der Waals surface area (Å²) in [5, 5.41) is 5.22. The number of ketones is 1. The van der Waals surface area contributed by atoms with Crippen molar-refractivity contribution in [1.82, 2.24) is 9.78 Å². The number of esters is 1. The summed E-state index contributed by atoms with van der Waals surface area (Å²) in [5.41, 5.74) is 1.19. The van der Waals surface area contributed by atoms with Crippen LogP contribution in [-0.2, 0) is 27.8 Å². The molecule has 0 atom stereocenters. The lowest BCUT2D eigenvalue weighted by Crippen LogP contribution is -2.24. The molecule has 0 bridgehead atoms. The highest BCUT2D eigenvalue weighted by molar-refractivity contribution is 6.01. The first-order valence-electron chi connectivity index (χ1n) is 9.98. The van der Waals surface area contributed by atoms with Crippen LogP contribution in [0, 0.1) is 0 Å². The van der Waals surface area contributed by atoms with Gasteiger partial charge in [-0.1, -0.05) is 30.3 Å². The third-order valence-electron chi connectivity index (χ3n) is 5.26. The van der Waals surface area contributed by atoms with E-state index >= 15 is 0 Å². The average Bonchev–Trinajstić information content (AvgIpc) is 3.21. The number of ether oxygens (including phenoxy) is 1. The minimum atomic E-state index is -0.615. The van der Waals surface area contributed by atoms with Crippen molar-refractivity contribution >= 4 is 34.1 Å². The van der Waals surface area contributed by atoms with Crippen LogP contribution in [-0.4, -0.2) is 40.6 Å². The summed E-state index contributed by atoms with van der Waals surface area (Å²) >= 11 is 0. The molecule has 0 unspecified atom stereocenters. The van der Waals surface area contributed by atoms with Gasteiger partial charge in [-0.25, -0.2) is 4.68 Å². The number of aromatic nitrogens is 2. The monoisotopic (exact) mass is 419 g/mol. The van der Waals surface area contributed by atoms with E-state index in [0.29, 0.717) is 40.7 Å². The SMILES string of the molecule is Cn1nc(CC(=O)OCC(=O)c2cccc(N3CCCC3=O)c2)c2ccccc2c1=O. The van der Waals surface area contributed by atoms with Gasteiger partial charge in [0, 0.05) is 36.7 Å². The molecule has 158 valence electrons. The van der Waals surface area contributed by atoms with Crippen LogP contribution in [0.25, 0.3) is 10.8 Å². The lowest BCUT2D eigenvalue weighted by atomic mass is 10.1. The van der Waals surface area contributed by atoms with Crippen LogP contribution in [0.15, 0.2) is 53.3 Å². The van der Waals surface area contributed by atoms with Gasteiger partial charge < -0.3 is 9.64 Å². The molecule has 1 saturated heterocycles. The van der Waals surface area contributed by atoms with E-state index in [2.05, 4.69) is 5.10 Å². The van der Waals surface area contributed by atoms with Crippen LogP contribution in [0.1, 0.15) is 28.9 Å². The normalized spacial score (nSPS) is 13.6. The Hall–Kier alpha value is -3.81. The van der Waals surface area contributed by atoms with Gasteiger partial charge in [-0.05, 0) is 24.6 Å². The highest BCUT2D eigenvalue weighted by Gasteiger charge is 2.22. The maximum atomic E-state index is 12.5. The van der Waals surface area contributed by atoms with Crippen LogP contribution in [0.4, 0.5) is 5.69 Å². The zero-order valence-corrected chi connectivity index (χ0v) is 17.0. The fourth-order valence-corrected chi connectivity index (χ4v) is 3.69. The van der Waals surface area contributed by atoms with E-state index in [-0.39, 0.29) is 23.7 Å². The van der Waals surface area contributed by atoms with Gasteiger partial charge in [0.2, 0.25) is 5.91 Å². The Morgan fingerprint density at radius 2 is 1.84 bits per heavy atom. The summed E-state index contributed by atoms with van der Waals surface area (Å²) in [7, 11) is 1.52. The molecule has 31 heavy (non-hydrogen) atoms. The Morgan fingerprint density at radius 3 is 2.58 bits per heavy atom. The summed E-state index contributed by atoms with van der Waals surface area (Å²) in [4.78, 5) is 50.6. The third-order valence-corrected chi connectivity index (χ3v) is 5.26. The Bertz CT molecular complexity index is 1250. The van der Waals surface area contributed by atoms with E-state index < -0.39 is 12.6 Å². The maximum Gasteiger partial charge on any atom is 0.312 e. The molecule has 1 amide bonds. The second-order valence-corrected chi connectivity index (χ2v) is 7.38. The van der Waals surface area contributed by atoms with E-state index in [9.17, 15) is 19.2 Å². The molecule has 8 nitrogen and oxygen atoms in total. The maximum absolute atomic E-state index is 12.5. The summed E-state index contributed by atoms with van der Waals surface area (Å²) in [6, 6.07) is 13.7. The molecule has 0 saturated carbocycles. The van der Waals surface area contributed by atoms with Crippen molar-refractivity contribution in [3.63, 3.8) is 0 Å². The van der Waals surface area contributed by atoms with Crippen molar-refractivity contribution in [3.8, 4) is 0 Å². The number of carbonyl (C=O) groups is 3. The standard InChI is InChI=1S/C23H21N3O5/c1-25-23(30)18-9-3-2-8-17(18)19(24-25)13-22(29)31-14-20(27)15-6-4-7-16(12-15)26-11-5-10-21(26)28/h2-4,6-9,12H,5,10-11,13-14H2,1H3. The highest BCUT2D eigenvalue weighted by Crippen LogP contribution is 2.22. The lowest BCUT2D eigenvalue weighted by molar-refractivity contribution is -0.141. The van der Waals surface area contributed by atoms with Crippen molar-refractivity contribution in [1.29, 1.82) is 0 Å². The van der Waals surface area contributed by atoms with Crippen LogP contribution in [0.3, 0.4) is 0 Å². The molecular formula is C23H21N3O5. The quantitative estimate of drug-likeness (QED) is 0.448. The number of fused-ring (bicyclic) bond motifs is 1. The molecule has 3 aromatic rings. The van der Waals surface area contributed by atoms with Crippen molar-refractivity contribution in [2.75, 3.05) is 18.1 Å². The summed E-state index contributed by atoms with van der Waals surface area (Å²) in [5.74, 6) is -0.941. The number of benzene rings is 2. The van der Waals surface area contributed by atoms with Crippen molar-refractivity contribution < 1.29 is 19.1 Å². The fraction of sp³-hybridized carbons (Fsp3) is 0.261. The zero-order chi connectivity index (χ0) is 22.0. The topological polar surface area (TPSA) is 98.6 Å². The first-order valence-corrected chi connectivity index (χ1v) is 9.98. The number of carbonyl (C=O) groups excluding carboxylic acids is 3. The van der Waals surface area contributed by atoms with Gasteiger partial charge in [0.15, 0.2) is 12.4 Å². The smallest absolute Gasteiger partial charge is 0.312 e. The molecule has 1 aliphatic rings. The van der Waals surface area contributed by atoms with Crippen LogP contribution < -0.4 is 10.5 Å². The number of amides is 1. The minimum absolute atomic E-state index is 0.0352. The van der Waals surface area contributed by atoms with Gasteiger partial charge in [0.1, 0.15) is 0 Å². The second-order valence-electron chi connectivity index (χ2n) is 7.38. The first kappa shape index (κ1) is 20.5. The molecule has 0 spiro atoms. The van der Waals surface area contributed by atoms with Gasteiger partial charge >= 0.3 is 5.97 Å². The Kier molecular flexibility index (Phi) is 5.62. The number of hydrogen-bond donors (Lipinski definition) is 0. The number of anilines is 1. The molecule has 2 heterocycles. The molecule has 1 aromatic heterocycles. The van der Waals surface area contributed by atoms with Gasteiger partial charge in [-0.3, -0.25) is 19.2 Å². The molecule has 0 N–H and O–H groups in total. The zero-order valence-electron chi connectivity index (χ0n) is 17.0. The second kappa shape index (κ2) is 8.51. The van der Waals surface area contributed by atoms with E-state index in [1.807, 2.05) is 0 Å². The highest BCUT2D eigenvalue weighted by atomic mass is 16.5. The number of rotatable bonds is 6. The predicted octanol–water partition coefficient (Wildman–Crippen LogP) is 2.03. The van der Waals surface area contributed by atoms with Gasteiger partial charge in [-0.2, -0.15) is 5.10 Å². The Labute approximate surface area is 178 Å². The van der Waals surface area contributed by atoms with E-state index in [1.54, 1.807) is 53.4 Å². The molecule has 1 aliphatic heterocycles. The third kappa shape index (κ3) is 4.23. The molecule has 1 fully saturated rings. The minimum Gasteiger partial charge on any atom is -0.457 e. The Morgan fingerprint density at radius 1 is 1.06 bits per heavy atom. The van der Waals surface area contributed by atoms with Crippen molar-refractivity contribution in [3.05, 3.63) is 70.1 Å². The molecule has 0 aliphatic carbocycles.